The van der Waals surface area contributed by atoms with Gasteiger partial charge in [0, 0.05) is 77.7 Å². The van der Waals surface area contributed by atoms with E-state index >= 15 is 0 Å². The lowest BCUT2D eigenvalue weighted by Crippen LogP contribution is -2.23. The van der Waals surface area contributed by atoms with Gasteiger partial charge in [-0.2, -0.15) is 10.4 Å². The molecule has 260 valence electrons. The molecular weight excluding hydrogens is 720 g/mol. The van der Waals surface area contributed by atoms with Crippen LogP contribution in [-0.2, 0) is 26.3 Å². The van der Waals surface area contributed by atoms with Crippen molar-refractivity contribution in [2.24, 2.45) is 0 Å². The zero-order valence-corrected chi connectivity index (χ0v) is 30.0. The average Bonchev–Trinajstić information content (AvgIpc) is 3.75. The zero-order valence-electron chi connectivity index (χ0n) is 27.7. The number of pyridine rings is 1. The molecular formula is C38H40BrClN6O4. The molecule has 0 saturated carbocycles. The minimum Gasteiger partial charge on any atom is -0.488 e. The molecule has 10 nitrogen and oxygen atoms in total. The van der Waals surface area contributed by atoms with Crippen molar-refractivity contribution in [2.75, 3.05) is 32.8 Å². The number of benzene rings is 3. The van der Waals surface area contributed by atoms with Crippen molar-refractivity contribution in [3.63, 3.8) is 0 Å². The third-order valence-corrected chi connectivity index (χ3v) is 10.1. The summed E-state index contributed by atoms with van der Waals surface area (Å²) < 4.78 is 15.5. The highest BCUT2D eigenvalue weighted by Crippen LogP contribution is 2.38. The standard InChI is InChI=1S/C38H40BrClN6O4/c39-38-28(25-50-37-17-36(29(16-34(37)40)21-42-10-14-47)49-24-27-15-26(18-41)19-43-20-27)5-3-7-32(38)31-6-4-8-35-33(31)22-44-46(35)12-2-1-11-45-13-9-30(48)23-45/h3-8,15-17,19-20,22,30,42,47-48H,1-2,9-14,21,23-25H2. The van der Waals surface area contributed by atoms with E-state index in [-0.39, 0.29) is 25.9 Å². The SMILES string of the molecule is N#Cc1cncc(COc2cc(OCc3cccc(-c4cccc5c4cnn5CCCCN4CCC(O)C4)c3Br)c(Cl)cc2CNCCO)c1. The van der Waals surface area contributed by atoms with Gasteiger partial charge in [-0.05, 0) is 71.1 Å². The fourth-order valence-electron chi connectivity index (χ4n) is 6.23. The van der Waals surface area contributed by atoms with E-state index in [9.17, 15) is 15.5 Å². The van der Waals surface area contributed by atoms with Gasteiger partial charge in [0.05, 0.1) is 35.0 Å². The number of aliphatic hydroxyl groups excluding tert-OH is 2. The first kappa shape index (κ1) is 35.8. The smallest absolute Gasteiger partial charge is 0.142 e. The van der Waals surface area contributed by atoms with Gasteiger partial charge in [-0.25, -0.2) is 0 Å². The Hall–Kier alpha value is -4.02. The Balaban J connectivity index is 1.16. The lowest BCUT2D eigenvalue weighted by Gasteiger charge is -2.17. The molecule has 1 aliphatic rings. The molecule has 50 heavy (non-hydrogen) atoms. The predicted octanol–water partition coefficient (Wildman–Crippen LogP) is 6.47. The third kappa shape index (κ3) is 8.82. The van der Waals surface area contributed by atoms with E-state index in [4.69, 9.17) is 26.2 Å². The van der Waals surface area contributed by atoms with Gasteiger partial charge in [0.25, 0.3) is 0 Å². The number of aromatic nitrogens is 3. The van der Waals surface area contributed by atoms with Gasteiger partial charge in [-0.1, -0.05) is 41.9 Å². The number of β-amino-alcohol motifs (C(OH)–C–C–N with tert-alkyl or cyclic N) is 1. The maximum atomic E-state index is 9.80. The summed E-state index contributed by atoms with van der Waals surface area (Å²) in [7, 11) is 0. The van der Waals surface area contributed by atoms with Crippen LogP contribution < -0.4 is 14.8 Å². The van der Waals surface area contributed by atoms with Crippen molar-refractivity contribution in [2.45, 2.75) is 51.7 Å². The van der Waals surface area contributed by atoms with Crippen LogP contribution in [0.5, 0.6) is 11.5 Å². The van der Waals surface area contributed by atoms with Gasteiger partial charge in [0.15, 0.2) is 0 Å². The van der Waals surface area contributed by atoms with Crippen LogP contribution in [0.2, 0.25) is 5.02 Å². The number of likely N-dealkylation sites (tertiary alicyclic amines) is 1. The number of unbranched alkanes of at least 4 members (excludes halogenated alkanes) is 1. The second-order valence-electron chi connectivity index (χ2n) is 12.4. The van der Waals surface area contributed by atoms with Gasteiger partial charge in [-0.3, -0.25) is 9.67 Å². The summed E-state index contributed by atoms with van der Waals surface area (Å²) in [6, 6.07) is 19.9. The Morgan fingerprint density at radius 1 is 0.980 bits per heavy atom. The van der Waals surface area contributed by atoms with Gasteiger partial charge in [0.2, 0.25) is 0 Å². The molecule has 1 saturated heterocycles. The molecule has 12 heteroatoms. The maximum Gasteiger partial charge on any atom is 0.142 e. The van der Waals surface area contributed by atoms with E-state index in [2.05, 4.69) is 66.1 Å². The summed E-state index contributed by atoms with van der Waals surface area (Å²) in [5.41, 5.74) is 6.19. The number of hydrogen-bond acceptors (Lipinski definition) is 9. The van der Waals surface area contributed by atoms with E-state index in [1.165, 1.54) is 6.20 Å². The quantitative estimate of drug-likeness (QED) is 0.0970. The summed E-state index contributed by atoms with van der Waals surface area (Å²) in [6.07, 6.45) is 7.90. The molecule has 3 aromatic carbocycles. The topological polar surface area (TPSA) is 129 Å². The molecule has 5 aromatic rings. The normalized spacial score (nSPS) is 14.7. The summed E-state index contributed by atoms with van der Waals surface area (Å²) in [6.45, 7) is 4.93. The summed E-state index contributed by atoms with van der Waals surface area (Å²) >= 11 is 10.6. The van der Waals surface area contributed by atoms with Crippen molar-refractivity contribution in [1.29, 1.82) is 5.26 Å². The van der Waals surface area contributed by atoms with Gasteiger partial charge >= 0.3 is 0 Å². The largest absolute Gasteiger partial charge is 0.488 e. The number of aryl methyl sites for hydroxylation is 1. The van der Waals surface area contributed by atoms with Crippen LogP contribution in [-0.4, -0.2) is 68.8 Å². The molecule has 1 fully saturated rings. The van der Waals surface area contributed by atoms with Gasteiger partial charge in [-0.15, -0.1) is 0 Å². The Morgan fingerprint density at radius 2 is 1.80 bits per heavy atom. The fourth-order valence-corrected chi connectivity index (χ4v) is 7.07. The molecule has 1 unspecified atom stereocenters. The molecule has 3 heterocycles. The first-order chi connectivity index (χ1) is 24.4. The molecule has 0 amide bonds. The minimum absolute atomic E-state index is 0.00845. The molecule has 6 rings (SSSR count). The number of fused-ring (bicyclic) bond motifs is 1. The van der Waals surface area contributed by atoms with Gasteiger partial charge < -0.3 is 29.9 Å². The second-order valence-corrected chi connectivity index (χ2v) is 13.6. The number of rotatable bonds is 16. The first-order valence-corrected chi connectivity index (χ1v) is 18.0. The fraction of sp³-hybridized carbons (Fsp3) is 0.342. The molecule has 0 radical (unpaired) electrons. The van der Waals surface area contributed by atoms with Crippen molar-refractivity contribution in [3.05, 3.63) is 105 Å². The number of nitriles is 1. The molecule has 1 aliphatic heterocycles. The van der Waals surface area contributed by atoms with Crippen molar-refractivity contribution in [1.82, 2.24) is 25.0 Å². The molecule has 1 atom stereocenters. The molecule has 3 N–H and O–H groups in total. The highest BCUT2D eigenvalue weighted by Gasteiger charge is 2.20. The molecule has 0 aliphatic carbocycles. The minimum atomic E-state index is -0.180. The number of hydrogen-bond donors (Lipinski definition) is 3. The summed E-state index contributed by atoms with van der Waals surface area (Å²) in [4.78, 5) is 6.46. The lowest BCUT2D eigenvalue weighted by molar-refractivity contribution is 0.175. The van der Waals surface area contributed by atoms with E-state index in [0.29, 0.717) is 35.2 Å². The van der Waals surface area contributed by atoms with Crippen LogP contribution in [0, 0.1) is 11.3 Å². The predicted molar refractivity (Wildman–Crippen MR) is 197 cm³/mol. The Bertz CT molecular complexity index is 1960. The van der Waals surface area contributed by atoms with Crippen LogP contribution in [0.25, 0.3) is 22.0 Å². The zero-order chi connectivity index (χ0) is 34.9. The van der Waals surface area contributed by atoms with Crippen LogP contribution in [0.4, 0.5) is 0 Å². The number of halogens is 2. The monoisotopic (exact) mass is 758 g/mol. The van der Waals surface area contributed by atoms with Crippen molar-refractivity contribution < 1.29 is 19.7 Å². The Morgan fingerprint density at radius 3 is 2.62 bits per heavy atom. The van der Waals surface area contributed by atoms with Crippen LogP contribution >= 0.6 is 27.5 Å². The van der Waals surface area contributed by atoms with E-state index in [1.54, 1.807) is 24.4 Å². The summed E-state index contributed by atoms with van der Waals surface area (Å²) in [5.74, 6) is 1.04. The van der Waals surface area contributed by atoms with Gasteiger partial charge in [0.1, 0.15) is 30.8 Å². The molecule has 2 aromatic heterocycles. The average molecular weight is 760 g/mol. The lowest BCUT2D eigenvalue weighted by atomic mass is 10.00. The van der Waals surface area contributed by atoms with Crippen LogP contribution in [0.3, 0.4) is 0 Å². The maximum absolute atomic E-state index is 9.80. The number of nitrogens with zero attached hydrogens (tertiary/aromatic N) is 5. The van der Waals surface area contributed by atoms with Crippen molar-refractivity contribution >= 4 is 38.4 Å². The molecule has 0 bridgehead atoms. The number of nitrogens with one attached hydrogen (secondary N) is 1. The van der Waals surface area contributed by atoms with Crippen LogP contribution in [0.15, 0.2) is 77.7 Å². The van der Waals surface area contributed by atoms with Crippen molar-refractivity contribution in [3.8, 4) is 28.7 Å². The Kier molecular flexibility index (Phi) is 12.4. The number of aliphatic hydroxyl groups is 2. The highest BCUT2D eigenvalue weighted by atomic mass is 79.9. The number of ether oxygens (including phenoxy) is 2. The van der Waals surface area contributed by atoms with E-state index < -0.39 is 0 Å². The van der Waals surface area contributed by atoms with E-state index in [0.717, 1.165) is 88.6 Å². The highest BCUT2D eigenvalue weighted by molar-refractivity contribution is 9.10. The Labute approximate surface area is 305 Å². The summed E-state index contributed by atoms with van der Waals surface area (Å²) in [5, 5.41) is 37.7. The van der Waals surface area contributed by atoms with Crippen LogP contribution in [0.1, 0.15) is 41.5 Å². The first-order valence-electron chi connectivity index (χ1n) is 16.8. The third-order valence-electron chi connectivity index (χ3n) is 8.82. The van der Waals surface area contributed by atoms with E-state index in [1.807, 2.05) is 18.3 Å². The molecule has 0 spiro atoms. The second kappa shape index (κ2) is 17.3.